The first kappa shape index (κ1) is 15.5. The van der Waals surface area contributed by atoms with Gasteiger partial charge in [0.1, 0.15) is 5.75 Å². The third-order valence-corrected chi connectivity index (χ3v) is 3.04. The third-order valence-electron chi connectivity index (χ3n) is 3.04. The molecule has 0 aliphatic heterocycles. The summed E-state index contributed by atoms with van der Waals surface area (Å²) in [5.74, 6) is 0.966. The van der Waals surface area contributed by atoms with Gasteiger partial charge in [-0.15, -0.1) is 0 Å². The van der Waals surface area contributed by atoms with Crippen molar-refractivity contribution in [3.8, 4) is 5.75 Å². The summed E-state index contributed by atoms with van der Waals surface area (Å²) in [4.78, 5) is 11.5. The molecule has 0 spiro atoms. The fraction of sp³-hybridized carbons (Fsp3) is 0.533. The van der Waals surface area contributed by atoms with Gasteiger partial charge in [0.2, 0.25) is 5.91 Å². The van der Waals surface area contributed by atoms with E-state index < -0.39 is 0 Å². The SMILES string of the molecule is CCC(C)NC(=O)CCNCc1ccc(OC)cc1. The Kier molecular flexibility index (Phi) is 6.97. The summed E-state index contributed by atoms with van der Waals surface area (Å²) >= 11 is 0. The van der Waals surface area contributed by atoms with Gasteiger partial charge in [-0.3, -0.25) is 4.79 Å². The summed E-state index contributed by atoms with van der Waals surface area (Å²) in [6.07, 6.45) is 1.48. The van der Waals surface area contributed by atoms with Crippen LogP contribution in [0.2, 0.25) is 0 Å². The van der Waals surface area contributed by atoms with Crippen LogP contribution in [0, 0.1) is 0 Å². The maximum absolute atomic E-state index is 11.5. The average Bonchev–Trinajstić information content (AvgIpc) is 2.44. The lowest BCUT2D eigenvalue weighted by atomic mass is 10.2. The summed E-state index contributed by atoms with van der Waals surface area (Å²) in [6, 6.07) is 8.17. The minimum absolute atomic E-state index is 0.108. The lowest BCUT2D eigenvalue weighted by molar-refractivity contribution is -0.121. The monoisotopic (exact) mass is 264 g/mol. The second kappa shape index (κ2) is 8.53. The molecule has 0 radical (unpaired) electrons. The van der Waals surface area contributed by atoms with Gasteiger partial charge in [-0.1, -0.05) is 19.1 Å². The van der Waals surface area contributed by atoms with Gasteiger partial charge in [-0.25, -0.2) is 0 Å². The molecule has 0 aliphatic carbocycles. The highest BCUT2D eigenvalue weighted by Gasteiger charge is 2.04. The summed E-state index contributed by atoms with van der Waals surface area (Å²) in [6.45, 7) is 5.53. The van der Waals surface area contributed by atoms with Crippen LogP contribution in [0.5, 0.6) is 5.75 Å². The second-order valence-corrected chi connectivity index (χ2v) is 4.65. The number of ether oxygens (including phenoxy) is 1. The van der Waals surface area contributed by atoms with Gasteiger partial charge in [-0.05, 0) is 31.0 Å². The highest BCUT2D eigenvalue weighted by molar-refractivity contribution is 5.76. The number of methoxy groups -OCH3 is 1. The van der Waals surface area contributed by atoms with Crippen LogP contribution in [0.25, 0.3) is 0 Å². The number of hydrogen-bond donors (Lipinski definition) is 2. The maximum atomic E-state index is 11.5. The van der Waals surface area contributed by atoms with Gasteiger partial charge in [0.25, 0.3) is 0 Å². The number of rotatable bonds is 8. The molecule has 0 fully saturated rings. The molecule has 0 saturated carbocycles. The number of carbonyl (C=O) groups is 1. The van der Waals surface area contributed by atoms with E-state index in [1.807, 2.05) is 31.2 Å². The van der Waals surface area contributed by atoms with Gasteiger partial charge in [0, 0.05) is 25.6 Å². The highest BCUT2D eigenvalue weighted by atomic mass is 16.5. The fourth-order valence-corrected chi connectivity index (χ4v) is 1.63. The van der Waals surface area contributed by atoms with E-state index in [4.69, 9.17) is 4.74 Å². The predicted molar refractivity (Wildman–Crippen MR) is 77.2 cm³/mol. The molecule has 0 heterocycles. The van der Waals surface area contributed by atoms with Crippen LogP contribution in [-0.4, -0.2) is 25.6 Å². The zero-order valence-corrected chi connectivity index (χ0v) is 12.0. The van der Waals surface area contributed by atoms with Crippen LogP contribution in [0.1, 0.15) is 32.3 Å². The fourth-order valence-electron chi connectivity index (χ4n) is 1.63. The molecule has 4 nitrogen and oxygen atoms in total. The molecule has 1 rings (SSSR count). The number of benzene rings is 1. The average molecular weight is 264 g/mol. The van der Waals surface area contributed by atoms with E-state index in [0.29, 0.717) is 13.0 Å². The van der Waals surface area contributed by atoms with Crippen LogP contribution >= 0.6 is 0 Å². The van der Waals surface area contributed by atoms with E-state index in [2.05, 4.69) is 17.6 Å². The van der Waals surface area contributed by atoms with E-state index in [1.165, 1.54) is 5.56 Å². The first-order valence-corrected chi connectivity index (χ1v) is 6.78. The zero-order chi connectivity index (χ0) is 14.1. The molecule has 1 unspecified atom stereocenters. The van der Waals surface area contributed by atoms with Crippen molar-refractivity contribution >= 4 is 5.91 Å². The second-order valence-electron chi connectivity index (χ2n) is 4.65. The smallest absolute Gasteiger partial charge is 0.221 e. The Morgan fingerprint density at radius 1 is 1.32 bits per heavy atom. The van der Waals surface area contributed by atoms with Gasteiger partial charge >= 0.3 is 0 Å². The highest BCUT2D eigenvalue weighted by Crippen LogP contribution is 2.10. The van der Waals surface area contributed by atoms with Crippen molar-refractivity contribution in [3.63, 3.8) is 0 Å². The maximum Gasteiger partial charge on any atom is 0.221 e. The Labute approximate surface area is 115 Å². The molecule has 1 aromatic rings. The van der Waals surface area contributed by atoms with Crippen LogP contribution in [0.15, 0.2) is 24.3 Å². The molecule has 2 N–H and O–H groups in total. The van der Waals surface area contributed by atoms with Gasteiger partial charge < -0.3 is 15.4 Å². The van der Waals surface area contributed by atoms with Crippen LogP contribution in [-0.2, 0) is 11.3 Å². The lowest BCUT2D eigenvalue weighted by Gasteiger charge is -2.11. The molecular formula is C15H24N2O2. The van der Waals surface area contributed by atoms with Gasteiger partial charge in [-0.2, -0.15) is 0 Å². The molecule has 0 bridgehead atoms. The van der Waals surface area contributed by atoms with E-state index in [1.54, 1.807) is 7.11 Å². The standard InChI is InChI=1S/C15H24N2O2/c1-4-12(2)17-15(18)9-10-16-11-13-5-7-14(19-3)8-6-13/h5-8,12,16H,4,9-11H2,1-3H3,(H,17,18). The molecule has 106 valence electrons. The molecule has 1 aromatic carbocycles. The summed E-state index contributed by atoms with van der Waals surface area (Å²) in [7, 11) is 1.66. The molecular weight excluding hydrogens is 240 g/mol. The molecule has 19 heavy (non-hydrogen) atoms. The van der Waals surface area contributed by atoms with Crippen LogP contribution < -0.4 is 15.4 Å². The third kappa shape index (κ3) is 6.25. The number of nitrogens with one attached hydrogen (secondary N) is 2. The number of amides is 1. The molecule has 1 atom stereocenters. The zero-order valence-electron chi connectivity index (χ0n) is 12.0. The Morgan fingerprint density at radius 2 is 2.00 bits per heavy atom. The first-order chi connectivity index (χ1) is 9.15. The summed E-state index contributed by atoms with van der Waals surface area (Å²) in [5, 5.41) is 6.21. The van der Waals surface area contributed by atoms with E-state index >= 15 is 0 Å². The molecule has 1 amide bonds. The Hall–Kier alpha value is -1.55. The normalized spacial score (nSPS) is 11.9. The lowest BCUT2D eigenvalue weighted by Crippen LogP contribution is -2.33. The Balaban J connectivity index is 2.17. The molecule has 0 aliphatic rings. The summed E-state index contributed by atoms with van der Waals surface area (Å²) in [5.41, 5.74) is 1.18. The number of hydrogen-bond acceptors (Lipinski definition) is 3. The van der Waals surface area contributed by atoms with Crippen molar-refractivity contribution < 1.29 is 9.53 Å². The van der Waals surface area contributed by atoms with Gasteiger partial charge in [0.15, 0.2) is 0 Å². The van der Waals surface area contributed by atoms with E-state index in [9.17, 15) is 4.79 Å². The Morgan fingerprint density at radius 3 is 2.58 bits per heavy atom. The minimum Gasteiger partial charge on any atom is -0.497 e. The van der Waals surface area contributed by atoms with Crippen molar-refractivity contribution in [2.45, 2.75) is 39.3 Å². The van der Waals surface area contributed by atoms with Crippen molar-refractivity contribution in [1.82, 2.24) is 10.6 Å². The molecule has 4 heteroatoms. The number of carbonyl (C=O) groups excluding carboxylic acids is 1. The van der Waals surface area contributed by atoms with Crippen molar-refractivity contribution in [3.05, 3.63) is 29.8 Å². The Bertz CT molecular complexity index is 376. The first-order valence-electron chi connectivity index (χ1n) is 6.78. The predicted octanol–water partition coefficient (Wildman–Crippen LogP) is 2.09. The quantitative estimate of drug-likeness (QED) is 0.707. The van der Waals surface area contributed by atoms with Gasteiger partial charge in [0.05, 0.1) is 7.11 Å². The molecule has 0 saturated heterocycles. The summed E-state index contributed by atoms with van der Waals surface area (Å²) < 4.78 is 5.10. The topological polar surface area (TPSA) is 50.4 Å². The van der Waals surface area contributed by atoms with Crippen molar-refractivity contribution in [2.75, 3.05) is 13.7 Å². The largest absolute Gasteiger partial charge is 0.497 e. The van der Waals surface area contributed by atoms with Crippen molar-refractivity contribution in [2.24, 2.45) is 0 Å². The van der Waals surface area contributed by atoms with Crippen LogP contribution in [0.3, 0.4) is 0 Å². The molecule has 0 aromatic heterocycles. The minimum atomic E-state index is 0.108. The van der Waals surface area contributed by atoms with E-state index in [0.717, 1.165) is 18.7 Å². The van der Waals surface area contributed by atoms with Crippen LogP contribution in [0.4, 0.5) is 0 Å². The van der Waals surface area contributed by atoms with E-state index in [-0.39, 0.29) is 11.9 Å². The van der Waals surface area contributed by atoms with Crippen molar-refractivity contribution in [1.29, 1.82) is 0 Å².